The predicted octanol–water partition coefficient (Wildman–Crippen LogP) is 2.14. The van der Waals surface area contributed by atoms with E-state index in [2.05, 4.69) is 31.2 Å². The average molecular weight is 303 g/mol. The van der Waals surface area contributed by atoms with E-state index >= 15 is 0 Å². The minimum Gasteiger partial charge on any atom is -0.377 e. The van der Waals surface area contributed by atoms with Gasteiger partial charge in [0.25, 0.3) is 0 Å². The first-order valence-corrected chi connectivity index (χ1v) is 6.37. The number of anilines is 2. The van der Waals surface area contributed by atoms with Crippen LogP contribution in [0, 0.1) is 0 Å². The molecule has 5 nitrogen and oxygen atoms in total. The molecule has 0 aliphatic rings. The number of likely N-dealkylation sites (N-methyl/N-ethyl adjacent to an activating group) is 1. The van der Waals surface area contributed by atoms with Gasteiger partial charge in [-0.05, 0) is 29.8 Å². The third kappa shape index (κ3) is 4.47. The van der Waals surface area contributed by atoms with Crippen molar-refractivity contribution < 1.29 is 4.74 Å². The second-order valence-corrected chi connectivity index (χ2v) is 4.81. The monoisotopic (exact) mass is 302 g/mol. The Balaban J connectivity index is 2.64. The summed E-state index contributed by atoms with van der Waals surface area (Å²) in [4.78, 5) is 10.5. The summed E-state index contributed by atoms with van der Waals surface area (Å²) in [5.74, 6) is 1.47. The first-order valence-electron chi connectivity index (χ1n) is 5.57. The predicted molar refractivity (Wildman–Crippen MR) is 73.6 cm³/mol. The first kappa shape index (κ1) is 14.2. The lowest BCUT2D eigenvalue weighted by atomic mass is 10.4. The molecule has 0 aliphatic heterocycles. The van der Waals surface area contributed by atoms with Crippen molar-refractivity contribution in [3.05, 3.63) is 10.7 Å². The zero-order valence-corrected chi connectivity index (χ0v) is 12.3. The highest BCUT2D eigenvalue weighted by atomic mass is 79.9. The first-order chi connectivity index (χ1) is 8.04. The van der Waals surface area contributed by atoms with E-state index in [0.29, 0.717) is 12.6 Å². The number of rotatable bonds is 6. The second-order valence-electron chi connectivity index (χ2n) is 3.96. The van der Waals surface area contributed by atoms with Crippen LogP contribution in [-0.4, -0.2) is 43.3 Å². The topological polar surface area (TPSA) is 50.3 Å². The van der Waals surface area contributed by atoms with Gasteiger partial charge in [0.2, 0.25) is 5.95 Å². The van der Waals surface area contributed by atoms with Crippen molar-refractivity contribution in [3.63, 3.8) is 0 Å². The normalized spacial score (nSPS) is 10.7. The van der Waals surface area contributed by atoms with Gasteiger partial charge < -0.3 is 15.0 Å². The SMILES string of the molecule is CNc1ncc(Br)c(N(C)CCOC(C)C)n1. The number of hydrogen-bond donors (Lipinski definition) is 1. The van der Waals surface area contributed by atoms with Crippen molar-refractivity contribution >= 4 is 27.7 Å². The minimum atomic E-state index is 0.255. The van der Waals surface area contributed by atoms with Gasteiger partial charge in [0.05, 0.1) is 17.2 Å². The maximum Gasteiger partial charge on any atom is 0.224 e. The number of nitrogens with zero attached hydrogens (tertiary/aromatic N) is 3. The molecule has 0 amide bonds. The highest BCUT2D eigenvalue weighted by Gasteiger charge is 2.09. The zero-order chi connectivity index (χ0) is 12.8. The fraction of sp³-hybridized carbons (Fsp3) is 0.636. The molecule has 0 saturated heterocycles. The quantitative estimate of drug-likeness (QED) is 0.872. The Bertz CT molecular complexity index is 359. The molecule has 0 atom stereocenters. The molecule has 1 heterocycles. The van der Waals surface area contributed by atoms with Crippen molar-refractivity contribution in [1.29, 1.82) is 0 Å². The number of ether oxygens (including phenoxy) is 1. The third-order valence-corrected chi connectivity index (χ3v) is 2.75. The van der Waals surface area contributed by atoms with Crippen LogP contribution in [0.4, 0.5) is 11.8 Å². The van der Waals surface area contributed by atoms with E-state index in [1.165, 1.54) is 0 Å². The Morgan fingerprint density at radius 2 is 2.24 bits per heavy atom. The number of halogens is 1. The van der Waals surface area contributed by atoms with Crippen LogP contribution in [0.2, 0.25) is 0 Å². The van der Waals surface area contributed by atoms with Crippen molar-refractivity contribution in [2.24, 2.45) is 0 Å². The van der Waals surface area contributed by atoms with Gasteiger partial charge in [0.15, 0.2) is 0 Å². The number of hydrogen-bond acceptors (Lipinski definition) is 5. The molecule has 0 bridgehead atoms. The van der Waals surface area contributed by atoms with Gasteiger partial charge in [-0.25, -0.2) is 4.98 Å². The van der Waals surface area contributed by atoms with E-state index < -0.39 is 0 Å². The summed E-state index contributed by atoms with van der Waals surface area (Å²) >= 11 is 3.45. The summed E-state index contributed by atoms with van der Waals surface area (Å²) < 4.78 is 6.39. The summed E-state index contributed by atoms with van der Waals surface area (Å²) in [6, 6.07) is 0. The molecule has 0 saturated carbocycles. The van der Waals surface area contributed by atoms with Gasteiger partial charge in [-0.2, -0.15) is 4.98 Å². The highest BCUT2D eigenvalue weighted by molar-refractivity contribution is 9.10. The molecule has 1 N–H and O–H groups in total. The Morgan fingerprint density at radius 3 is 2.82 bits per heavy atom. The molecule has 17 heavy (non-hydrogen) atoms. The fourth-order valence-corrected chi connectivity index (χ4v) is 1.77. The molecule has 0 aliphatic carbocycles. The molecule has 0 radical (unpaired) electrons. The van der Waals surface area contributed by atoms with Gasteiger partial charge in [0.1, 0.15) is 5.82 Å². The van der Waals surface area contributed by atoms with Crippen LogP contribution >= 0.6 is 15.9 Å². The molecule has 0 aromatic carbocycles. The summed E-state index contributed by atoms with van der Waals surface area (Å²) in [5.41, 5.74) is 0. The van der Waals surface area contributed by atoms with E-state index in [1.807, 2.05) is 25.8 Å². The molecular weight excluding hydrogens is 284 g/mol. The maximum atomic E-state index is 5.51. The fourth-order valence-electron chi connectivity index (χ4n) is 1.28. The molecule has 0 unspecified atom stereocenters. The molecular formula is C11H19BrN4O. The largest absolute Gasteiger partial charge is 0.377 e. The second kappa shape index (κ2) is 6.76. The van der Waals surface area contributed by atoms with E-state index in [1.54, 1.807) is 13.2 Å². The van der Waals surface area contributed by atoms with Crippen LogP contribution in [0.3, 0.4) is 0 Å². The van der Waals surface area contributed by atoms with Crippen LogP contribution < -0.4 is 10.2 Å². The zero-order valence-electron chi connectivity index (χ0n) is 10.7. The van der Waals surface area contributed by atoms with Crippen LogP contribution in [0.1, 0.15) is 13.8 Å². The molecule has 0 spiro atoms. The van der Waals surface area contributed by atoms with Gasteiger partial charge >= 0.3 is 0 Å². The van der Waals surface area contributed by atoms with E-state index in [9.17, 15) is 0 Å². The molecule has 1 aromatic heterocycles. The van der Waals surface area contributed by atoms with E-state index in [0.717, 1.165) is 16.8 Å². The van der Waals surface area contributed by atoms with Crippen LogP contribution in [0.15, 0.2) is 10.7 Å². The lowest BCUT2D eigenvalue weighted by Crippen LogP contribution is -2.25. The van der Waals surface area contributed by atoms with Crippen molar-refractivity contribution in [1.82, 2.24) is 9.97 Å². The maximum absolute atomic E-state index is 5.51. The highest BCUT2D eigenvalue weighted by Crippen LogP contribution is 2.22. The van der Waals surface area contributed by atoms with E-state index in [-0.39, 0.29) is 6.10 Å². The molecule has 0 fully saturated rings. The van der Waals surface area contributed by atoms with Gasteiger partial charge in [0, 0.05) is 26.8 Å². The van der Waals surface area contributed by atoms with Crippen LogP contribution in [-0.2, 0) is 4.74 Å². The Labute approximate surface area is 111 Å². The molecule has 6 heteroatoms. The molecule has 96 valence electrons. The summed E-state index contributed by atoms with van der Waals surface area (Å²) in [7, 11) is 3.78. The van der Waals surface area contributed by atoms with Crippen molar-refractivity contribution in [3.8, 4) is 0 Å². The minimum absolute atomic E-state index is 0.255. The van der Waals surface area contributed by atoms with E-state index in [4.69, 9.17) is 4.74 Å². The number of aromatic nitrogens is 2. The third-order valence-electron chi connectivity index (χ3n) is 2.19. The van der Waals surface area contributed by atoms with Gasteiger partial charge in [-0.1, -0.05) is 0 Å². The number of nitrogens with one attached hydrogen (secondary N) is 1. The Morgan fingerprint density at radius 1 is 1.53 bits per heavy atom. The molecule has 1 rings (SSSR count). The van der Waals surface area contributed by atoms with Crippen molar-refractivity contribution in [2.75, 3.05) is 37.5 Å². The van der Waals surface area contributed by atoms with Gasteiger partial charge in [-0.15, -0.1) is 0 Å². The lowest BCUT2D eigenvalue weighted by molar-refractivity contribution is 0.0845. The Hall–Kier alpha value is -0.880. The standard InChI is InChI=1S/C11H19BrN4O/c1-8(2)17-6-5-16(4)10-9(12)7-14-11(13-3)15-10/h7-8H,5-6H2,1-4H3,(H,13,14,15). The van der Waals surface area contributed by atoms with Crippen LogP contribution in [0.5, 0.6) is 0 Å². The summed E-state index contributed by atoms with van der Waals surface area (Å²) in [5, 5.41) is 2.92. The van der Waals surface area contributed by atoms with Crippen molar-refractivity contribution in [2.45, 2.75) is 20.0 Å². The van der Waals surface area contributed by atoms with Gasteiger partial charge in [-0.3, -0.25) is 0 Å². The summed E-state index contributed by atoms with van der Waals surface area (Å²) in [6.07, 6.45) is 2.00. The smallest absolute Gasteiger partial charge is 0.224 e. The molecule has 1 aromatic rings. The summed E-state index contributed by atoms with van der Waals surface area (Å²) in [6.45, 7) is 5.52. The Kier molecular flexibility index (Phi) is 5.64. The lowest BCUT2D eigenvalue weighted by Gasteiger charge is -2.20. The average Bonchev–Trinajstić information content (AvgIpc) is 2.29. The van der Waals surface area contributed by atoms with Crippen LogP contribution in [0.25, 0.3) is 0 Å².